The van der Waals surface area contributed by atoms with E-state index in [-0.39, 0.29) is 12.0 Å². The monoisotopic (exact) mass is 344 g/mol. The number of furan rings is 1. The minimum absolute atomic E-state index is 0.0777. The summed E-state index contributed by atoms with van der Waals surface area (Å²) in [5.41, 5.74) is 1.02. The predicted molar refractivity (Wildman–Crippen MR) is 85.9 cm³/mol. The number of rotatable bonds is 4. The largest absolute Gasteiger partial charge is 0.471 e. The summed E-state index contributed by atoms with van der Waals surface area (Å²) >= 11 is 5.78. The van der Waals surface area contributed by atoms with Crippen molar-refractivity contribution in [2.24, 2.45) is 0 Å². The van der Waals surface area contributed by atoms with Gasteiger partial charge in [0.25, 0.3) is 5.91 Å². The molecule has 1 aliphatic heterocycles. The number of ether oxygens (including phenoxy) is 1. The Morgan fingerprint density at radius 2 is 2.25 bits per heavy atom. The Morgan fingerprint density at radius 1 is 1.38 bits per heavy atom. The topological polar surface area (TPSA) is 84.2 Å². The summed E-state index contributed by atoms with van der Waals surface area (Å²) in [7, 11) is 0. The van der Waals surface area contributed by atoms with Crippen molar-refractivity contribution >= 4 is 17.5 Å². The Hall–Kier alpha value is -2.80. The minimum atomic E-state index is -0.145. The van der Waals surface area contributed by atoms with Crippen LogP contribution in [0.2, 0.25) is 5.02 Å². The SMILES string of the molecule is O=C(c1cc(-c2ccco2)[nH]n1)N1CC(Oc2ccc(Cl)cn2)C1. The van der Waals surface area contributed by atoms with Crippen LogP contribution in [-0.4, -0.2) is 45.2 Å². The normalized spacial score (nSPS) is 14.5. The number of nitrogens with one attached hydrogen (secondary N) is 1. The quantitative estimate of drug-likeness (QED) is 0.786. The molecule has 0 spiro atoms. The van der Waals surface area contributed by atoms with E-state index in [4.69, 9.17) is 20.8 Å². The van der Waals surface area contributed by atoms with E-state index in [0.717, 1.165) is 0 Å². The molecule has 4 rings (SSSR count). The highest BCUT2D eigenvalue weighted by molar-refractivity contribution is 6.30. The highest BCUT2D eigenvalue weighted by atomic mass is 35.5. The zero-order valence-corrected chi connectivity index (χ0v) is 13.2. The van der Waals surface area contributed by atoms with E-state index in [1.165, 1.54) is 6.20 Å². The maximum atomic E-state index is 12.4. The van der Waals surface area contributed by atoms with E-state index in [1.54, 1.807) is 41.5 Å². The van der Waals surface area contributed by atoms with Crippen molar-refractivity contribution in [1.29, 1.82) is 0 Å². The van der Waals surface area contributed by atoms with Gasteiger partial charge in [0.15, 0.2) is 11.5 Å². The molecule has 1 saturated heterocycles. The Labute approximate surface area is 142 Å². The van der Waals surface area contributed by atoms with Crippen LogP contribution in [0.1, 0.15) is 10.5 Å². The number of aromatic amines is 1. The van der Waals surface area contributed by atoms with Crippen LogP contribution in [0, 0.1) is 0 Å². The summed E-state index contributed by atoms with van der Waals surface area (Å²) < 4.78 is 11.0. The number of H-pyrrole nitrogens is 1. The van der Waals surface area contributed by atoms with Crippen molar-refractivity contribution in [3.63, 3.8) is 0 Å². The molecular formula is C16H13ClN4O3. The molecule has 0 aromatic carbocycles. The zero-order valence-electron chi connectivity index (χ0n) is 12.5. The zero-order chi connectivity index (χ0) is 16.5. The number of pyridine rings is 1. The number of hydrogen-bond donors (Lipinski definition) is 1. The number of hydrogen-bond acceptors (Lipinski definition) is 5. The third-order valence-corrected chi connectivity index (χ3v) is 3.93. The van der Waals surface area contributed by atoms with Gasteiger partial charge in [-0.3, -0.25) is 9.89 Å². The van der Waals surface area contributed by atoms with Crippen LogP contribution >= 0.6 is 11.6 Å². The molecule has 0 aliphatic carbocycles. The van der Waals surface area contributed by atoms with Gasteiger partial charge in [-0.1, -0.05) is 11.6 Å². The first-order valence-corrected chi connectivity index (χ1v) is 7.73. The van der Waals surface area contributed by atoms with Crippen molar-refractivity contribution in [1.82, 2.24) is 20.1 Å². The summed E-state index contributed by atoms with van der Waals surface area (Å²) in [4.78, 5) is 18.1. The highest BCUT2D eigenvalue weighted by Gasteiger charge is 2.34. The Kier molecular flexibility index (Phi) is 3.70. The Morgan fingerprint density at radius 3 is 2.96 bits per heavy atom. The van der Waals surface area contributed by atoms with Crippen LogP contribution in [0.25, 0.3) is 11.5 Å². The molecule has 1 N–H and O–H groups in total. The van der Waals surface area contributed by atoms with Crippen LogP contribution in [0.4, 0.5) is 0 Å². The first kappa shape index (κ1) is 14.8. The van der Waals surface area contributed by atoms with Crippen molar-refractivity contribution in [2.45, 2.75) is 6.10 Å². The molecule has 122 valence electrons. The average molecular weight is 345 g/mol. The van der Waals surface area contributed by atoms with Gasteiger partial charge in [-0.05, 0) is 18.2 Å². The van der Waals surface area contributed by atoms with Crippen LogP contribution in [0.5, 0.6) is 5.88 Å². The lowest BCUT2D eigenvalue weighted by Gasteiger charge is -2.38. The van der Waals surface area contributed by atoms with Crippen molar-refractivity contribution in [3.8, 4) is 17.3 Å². The molecule has 7 nitrogen and oxygen atoms in total. The van der Waals surface area contributed by atoms with E-state index in [2.05, 4.69) is 15.2 Å². The van der Waals surface area contributed by atoms with Gasteiger partial charge >= 0.3 is 0 Å². The van der Waals surface area contributed by atoms with Crippen molar-refractivity contribution in [2.75, 3.05) is 13.1 Å². The van der Waals surface area contributed by atoms with Gasteiger partial charge in [-0.25, -0.2) is 4.98 Å². The van der Waals surface area contributed by atoms with E-state index in [9.17, 15) is 4.79 Å². The lowest BCUT2D eigenvalue weighted by molar-refractivity contribution is 0.0156. The number of amides is 1. The molecule has 0 bridgehead atoms. The lowest BCUT2D eigenvalue weighted by atomic mass is 10.1. The van der Waals surface area contributed by atoms with Gasteiger partial charge in [0.2, 0.25) is 5.88 Å². The summed E-state index contributed by atoms with van der Waals surface area (Å²) in [6.45, 7) is 0.984. The first-order valence-electron chi connectivity index (χ1n) is 7.36. The molecule has 0 unspecified atom stereocenters. The van der Waals surface area contributed by atoms with Crippen molar-refractivity contribution in [3.05, 3.63) is 53.5 Å². The molecule has 1 fully saturated rings. The smallest absolute Gasteiger partial charge is 0.274 e. The number of halogens is 1. The highest BCUT2D eigenvalue weighted by Crippen LogP contribution is 2.22. The van der Waals surface area contributed by atoms with Crippen LogP contribution in [-0.2, 0) is 0 Å². The molecule has 3 aromatic rings. The number of aromatic nitrogens is 3. The molecule has 0 atom stereocenters. The molecule has 4 heterocycles. The van der Waals surface area contributed by atoms with Gasteiger partial charge in [0.1, 0.15) is 11.8 Å². The molecular weight excluding hydrogens is 332 g/mol. The maximum Gasteiger partial charge on any atom is 0.274 e. The molecule has 3 aromatic heterocycles. The molecule has 1 aliphatic rings. The summed E-state index contributed by atoms with van der Waals surface area (Å²) in [5, 5.41) is 7.41. The van der Waals surface area contributed by atoms with Gasteiger partial charge in [-0.15, -0.1) is 0 Å². The fraction of sp³-hybridized carbons (Fsp3) is 0.188. The van der Waals surface area contributed by atoms with Crippen LogP contribution < -0.4 is 4.74 Å². The average Bonchev–Trinajstić information content (AvgIpc) is 3.22. The Bertz CT molecular complexity index is 839. The predicted octanol–water partition coefficient (Wildman–Crippen LogP) is 2.62. The third-order valence-electron chi connectivity index (χ3n) is 3.71. The third kappa shape index (κ3) is 2.85. The minimum Gasteiger partial charge on any atom is -0.471 e. The second-order valence-electron chi connectivity index (χ2n) is 5.41. The van der Waals surface area contributed by atoms with E-state index < -0.39 is 0 Å². The van der Waals surface area contributed by atoms with Gasteiger partial charge in [-0.2, -0.15) is 5.10 Å². The van der Waals surface area contributed by atoms with Crippen molar-refractivity contribution < 1.29 is 13.9 Å². The number of carbonyl (C=O) groups excluding carboxylic acids is 1. The first-order chi connectivity index (χ1) is 11.7. The van der Waals surface area contributed by atoms with Crippen LogP contribution in [0.3, 0.4) is 0 Å². The molecule has 1 amide bonds. The van der Waals surface area contributed by atoms with Gasteiger partial charge in [0.05, 0.1) is 24.4 Å². The van der Waals surface area contributed by atoms with Gasteiger partial charge in [0, 0.05) is 18.3 Å². The molecule has 8 heteroatoms. The Balaban J connectivity index is 1.35. The molecule has 0 radical (unpaired) electrons. The molecule has 24 heavy (non-hydrogen) atoms. The second-order valence-corrected chi connectivity index (χ2v) is 5.85. The number of carbonyl (C=O) groups is 1. The number of likely N-dealkylation sites (tertiary alicyclic amines) is 1. The number of nitrogens with zero attached hydrogens (tertiary/aromatic N) is 3. The van der Waals surface area contributed by atoms with E-state index >= 15 is 0 Å². The van der Waals surface area contributed by atoms with E-state index in [0.29, 0.717) is 41.1 Å². The summed E-state index contributed by atoms with van der Waals surface area (Å²) in [6, 6.07) is 8.67. The fourth-order valence-electron chi connectivity index (χ4n) is 2.43. The van der Waals surface area contributed by atoms with E-state index in [1.807, 2.05) is 0 Å². The van der Waals surface area contributed by atoms with Crippen LogP contribution in [0.15, 0.2) is 47.2 Å². The standard InChI is InChI=1S/C16H13ClN4O3/c17-10-3-4-15(18-7-10)24-11-8-21(9-11)16(22)13-6-12(19-20-13)14-2-1-5-23-14/h1-7,11H,8-9H2,(H,19,20). The molecule has 0 saturated carbocycles. The summed E-state index contributed by atoms with van der Waals surface area (Å²) in [6.07, 6.45) is 3.02. The van der Waals surface area contributed by atoms with Gasteiger partial charge < -0.3 is 14.1 Å². The fourth-order valence-corrected chi connectivity index (χ4v) is 2.54. The maximum absolute atomic E-state index is 12.4. The summed E-state index contributed by atoms with van der Waals surface area (Å²) in [5.74, 6) is 0.990. The second kappa shape index (κ2) is 6.01. The lowest BCUT2D eigenvalue weighted by Crippen LogP contribution is -2.56.